The van der Waals surface area contributed by atoms with Gasteiger partial charge in [-0.25, -0.2) is 4.79 Å². The lowest BCUT2D eigenvalue weighted by atomic mass is 9.80. The van der Waals surface area contributed by atoms with Crippen molar-refractivity contribution in [3.8, 4) is 17.2 Å². The number of aromatic hydroxyl groups is 3. The van der Waals surface area contributed by atoms with Crippen LogP contribution in [-0.2, 0) is 4.74 Å². The summed E-state index contributed by atoms with van der Waals surface area (Å²) in [7, 11) is 0. The van der Waals surface area contributed by atoms with Gasteiger partial charge in [0.1, 0.15) is 6.61 Å². The maximum Gasteiger partial charge on any atom is 0.407 e. The van der Waals surface area contributed by atoms with E-state index in [-0.39, 0.29) is 6.61 Å². The summed E-state index contributed by atoms with van der Waals surface area (Å²) >= 11 is 0. The predicted molar refractivity (Wildman–Crippen MR) is 62.4 cm³/mol. The minimum absolute atomic E-state index is 0.199. The maximum atomic E-state index is 11.3. The van der Waals surface area contributed by atoms with Crippen molar-refractivity contribution in [3.05, 3.63) is 17.7 Å². The standard InChI is InChI=1S/C12H15NO5/c1-12(2)5-18-11(17)13-10(12)6-3-4-7(14)9(16)8(6)15/h3-4,10,14-16H,5H2,1-2H3,(H,13,17)/t10-/m0/s1. The van der Waals surface area contributed by atoms with Crippen LogP contribution in [0.25, 0.3) is 0 Å². The van der Waals surface area contributed by atoms with E-state index in [2.05, 4.69) is 5.32 Å². The third kappa shape index (κ3) is 1.90. The molecule has 98 valence electrons. The molecule has 6 nitrogen and oxygen atoms in total. The lowest BCUT2D eigenvalue weighted by molar-refractivity contribution is 0.0380. The van der Waals surface area contributed by atoms with Gasteiger partial charge in [-0.05, 0) is 12.1 Å². The Morgan fingerprint density at radius 3 is 2.61 bits per heavy atom. The molecule has 1 aromatic rings. The molecule has 1 heterocycles. The van der Waals surface area contributed by atoms with E-state index in [4.69, 9.17) is 4.74 Å². The quantitative estimate of drug-likeness (QED) is 0.570. The van der Waals surface area contributed by atoms with E-state index in [0.29, 0.717) is 5.56 Å². The molecule has 18 heavy (non-hydrogen) atoms. The molecular formula is C12H15NO5. The Hall–Kier alpha value is -2.11. The van der Waals surface area contributed by atoms with Crippen molar-refractivity contribution in [2.75, 3.05) is 6.61 Å². The van der Waals surface area contributed by atoms with Crippen molar-refractivity contribution in [2.24, 2.45) is 5.41 Å². The number of cyclic esters (lactones) is 1. The molecule has 1 fully saturated rings. The number of hydrogen-bond donors (Lipinski definition) is 4. The first kappa shape index (κ1) is 12.3. The van der Waals surface area contributed by atoms with E-state index in [1.807, 2.05) is 13.8 Å². The van der Waals surface area contributed by atoms with E-state index < -0.39 is 34.8 Å². The van der Waals surface area contributed by atoms with Gasteiger partial charge in [0.2, 0.25) is 5.75 Å². The Kier molecular flexibility index (Phi) is 2.73. The monoisotopic (exact) mass is 253 g/mol. The lowest BCUT2D eigenvalue weighted by Crippen LogP contribution is -2.46. The number of carbonyl (C=O) groups excluding carboxylic acids is 1. The number of carbonyl (C=O) groups is 1. The summed E-state index contributed by atoms with van der Waals surface area (Å²) in [5.41, 5.74) is -0.110. The van der Waals surface area contributed by atoms with Crippen LogP contribution in [0, 0.1) is 5.41 Å². The Morgan fingerprint density at radius 2 is 1.94 bits per heavy atom. The predicted octanol–water partition coefficient (Wildman–Crippen LogP) is 1.61. The number of amides is 1. The van der Waals surface area contributed by atoms with Gasteiger partial charge in [-0.3, -0.25) is 0 Å². The van der Waals surface area contributed by atoms with Gasteiger partial charge in [-0.2, -0.15) is 0 Å². The summed E-state index contributed by atoms with van der Waals surface area (Å²) in [6.45, 7) is 3.92. The smallest absolute Gasteiger partial charge is 0.407 e. The fourth-order valence-electron chi connectivity index (χ4n) is 2.01. The Morgan fingerprint density at radius 1 is 1.28 bits per heavy atom. The summed E-state index contributed by atoms with van der Waals surface area (Å²) in [5.74, 6) is -1.44. The zero-order chi connectivity index (χ0) is 13.5. The summed E-state index contributed by atoms with van der Waals surface area (Å²) in [6.07, 6.45) is -0.578. The highest BCUT2D eigenvalue weighted by Crippen LogP contribution is 2.45. The number of alkyl carbamates (subject to hydrolysis) is 1. The summed E-state index contributed by atoms with van der Waals surface area (Å²) in [6, 6.07) is 2.22. The van der Waals surface area contributed by atoms with E-state index in [1.54, 1.807) is 0 Å². The molecule has 2 rings (SSSR count). The van der Waals surface area contributed by atoms with E-state index >= 15 is 0 Å². The second-order valence-electron chi connectivity index (χ2n) is 5.01. The molecule has 1 atom stereocenters. The molecule has 0 aliphatic carbocycles. The topological polar surface area (TPSA) is 99.0 Å². The summed E-state index contributed by atoms with van der Waals surface area (Å²) in [4.78, 5) is 11.3. The fraction of sp³-hybridized carbons (Fsp3) is 0.417. The van der Waals surface area contributed by atoms with Crippen molar-refractivity contribution < 1.29 is 24.9 Å². The number of nitrogens with one attached hydrogen (secondary N) is 1. The maximum absolute atomic E-state index is 11.3. The molecule has 0 unspecified atom stereocenters. The van der Waals surface area contributed by atoms with E-state index in [0.717, 1.165) is 0 Å². The molecule has 4 N–H and O–H groups in total. The molecule has 0 bridgehead atoms. The second kappa shape index (κ2) is 3.97. The first-order valence-electron chi connectivity index (χ1n) is 5.50. The molecule has 0 spiro atoms. The van der Waals surface area contributed by atoms with Crippen LogP contribution in [0.2, 0.25) is 0 Å². The first-order valence-corrected chi connectivity index (χ1v) is 5.50. The van der Waals surface area contributed by atoms with Crippen LogP contribution in [0.15, 0.2) is 12.1 Å². The zero-order valence-corrected chi connectivity index (χ0v) is 10.1. The third-order valence-corrected chi connectivity index (χ3v) is 3.09. The van der Waals surface area contributed by atoms with Crippen LogP contribution in [-0.4, -0.2) is 28.0 Å². The molecule has 1 saturated heterocycles. The minimum atomic E-state index is -0.593. The number of hydrogen-bond acceptors (Lipinski definition) is 5. The Labute approximate surface area is 104 Å². The van der Waals surface area contributed by atoms with Crippen LogP contribution in [0.4, 0.5) is 4.79 Å². The summed E-state index contributed by atoms with van der Waals surface area (Å²) < 4.78 is 4.90. The third-order valence-electron chi connectivity index (χ3n) is 3.09. The Bertz CT molecular complexity index is 497. The van der Waals surface area contributed by atoms with Gasteiger partial charge >= 0.3 is 6.09 Å². The Balaban J connectivity index is 2.47. The van der Waals surface area contributed by atoms with E-state index in [1.165, 1.54) is 12.1 Å². The molecule has 6 heteroatoms. The van der Waals surface area contributed by atoms with Crippen molar-refractivity contribution in [3.63, 3.8) is 0 Å². The highest BCUT2D eigenvalue weighted by molar-refractivity contribution is 5.70. The van der Waals surface area contributed by atoms with Gasteiger partial charge in [-0.15, -0.1) is 0 Å². The van der Waals surface area contributed by atoms with Gasteiger partial charge in [-0.1, -0.05) is 13.8 Å². The van der Waals surface area contributed by atoms with Crippen molar-refractivity contribution in [2.45, 2.75) is 19.9 Å². The molecule has 0 saturated carbocycles. The highest BCUT2D eigenvalue weighted by atomic mass is 16.6. The number of phenols is 3. The summed E-state index contributed by atoms with van der Waals surface area (Å²) in [5, 5.41) is 31.2. The number of rotatable bonds is 1. The van der Waals surface area contributed by atoms with Crippen LogP contribution in [0.5, 0.6) is 17.2 Å². The van der Waals surface area contributed by atoms with Gasteiger partial charge in [0.15, 0.2) is 11.5 Å². The van der Waals surface area contributed by atoms with Gasteiger partial charge in [0.25, 0.3) is 0 Å². The second-order valence-corrected chi connectivity index (χ2v) is 5.01. The largest absolute Gasteiger partial charge is 0.504 e. The van der Waals surface area contributed by atoms with Gasteiger partial charge < -0.3 is 25.4 Å². The fourth-order valence-corrected chi connectivity index (χ4v) is 2.01. The van der Waals surface area contributed by atoms with Crippen molar-refractivity contribution in [1.29, 1.82) is 0 Å². The number of ether oxygens (including phenoxy) is 1. The van der Waals surface area contributed by atoms with Gasteiger partial charge in [0, 0.05) is 11.0 Å². The molecular weight excluding hydrogens is 238 g/mol. The van der Waals surface area contributed by atoms with E-state index in [9.17, 15) is 20.1 Å². The molecule has 1 aliphatic heterocycles. The van der Waals surface area contributed by atoms with Crippen molar-refractivity contribution >= 4 is 6.09 Å². The molecule has 1 aliphatic rings. The van der Waals surface area contributed by atoms with Crippen LogP contribution < -0.4 is 5.32 Å². The molecule has 1 amide bonds. The highest BCUT2D eigenvalue weighted by Gasteiger charge is 2.39. The average Bonchev–Trinajstić information content (AvgIpc) is 2.30. The lowest BCUT2D eigenvalue weighted by Gasteiger charge is -2.38. The molecule has 0 aromatic heterocycles. The molecule has 1 aromatic carbocycles. The first-order chi connectivity index (χ1) is 8.33. The normalized spacial score (nSPS) is 22.1. The van der Waals surface area contributed by atoms with Gasteiger partial charge in [0.05, 0.1) is 6.04 Å². The van der Waals surface area contributed by atoms with Crippen LogP contribution in [0.1, 0.15) is 25.5 Å². The zero-order valence-electron chi connectivity index (χ0n) is 10.1. The average molecular weight is 253 g/mol. The number of benzene rings is 1. The SMILES string of the molecule is CC1(C)COC(=O)N[C@H]1c1ccc(O)c(O)c1O. The molecule has 0 radical (unpaired) electrons. The minimum Gasteiger partial charge on any atom is -0.504 e. The van der Waals surface area contributed by atoms with Crippen LogP contribution >= 0.6 is 0 Å². The van der Waals surface area contributed by atoms with Crippen LogP contribution in [0.3, 0.4) is 0 Å². The van der Waals surface area contributed by atoms with Crippen molar-refractivity contribution in [1.82, 2.24) is 5.32 Å². The number of phenolic OH excluding ortho intramolecular Hbond substituents is 3.